The monoisotopic (exact) mass is 165 g/mol. The van der Waals surface area contributed by atoms with Gasteiger partial charge in [-0.05, 0) is 30.0 Å². The summed E-state index contributed by atoms with van der Waals surface area (Å²) in [7, 11) is 1.50. The zero-order chi connectivity index (χ0) is 8.97. The van der Waals surface area contributed by atoms with Gasteiger partial charge in [0.15, 0.2) is 11.5 Å². The number of phenols is 1. The number of benzene rings is 1. The van der Waals surface area contributed by atoms with Gasteiger partial charge in [0.25, 0.3) is 0 Å². The average molecular weight is 165 g/mol. The van der Waals surface area contributed by atoms with E-state index in [1.165, 1.54) is 13.3 Å². The van der Waals surface area contributed by atoms with Gasteiger partial charge >= 0.3 is 0 Å². The molecule has 0 radical (unpaired) electrons. The molecule has 0 aliphatic carbocycles. The molecule has 0 aromatic heterocycles. The molecule has 1 aromatic carbocycles. The molecule has 0 saturated carbocycles. The predicted molar refractivity (Wildman–Crippen MR) is 47.9 cm³/mol. The van der Waals surface area contributed by atoms with Crippen LogP contribution in [-0.4, -0.2) is 12.2 Å². The lowest BCUT2D eigenvalue weighted by Gasteiger charge is -2.02. The van der Waals surface area contributed by atoms with E-state index in [0.29, 0.717) is 5.75 Å². The van der Waals surface area contributed by atoms with Crippen LogP contribution in [0.3, 0.4) is 0 Å². The van der Waals surface area contributed by atoms with Crippen LogP contribution < -0.4 is 10.5 Å². The normalized spacial score (nSPS) is 10.4. The fourth-order valence-electron chi connectivity index (χ4n) is 0.909. The Morgan fingerprint density at radius 2 is 2.25 bits per heavy atom. The van der Waals surface area contributed by atoms with Crippen LogP contribution >= 0.6 is 0 Å². The van der Waals surface area contributed by atoms with Crippen LogP contribution in [-0.2, 0) is 0 Å². The lowest BCUT2D eigenvalue weighted by Crippen LogP contribution is -1.84. The van der Waals surface area contributed by atoms with Gasteiger partial charge in [-0.1, -0.05) is 6.07 Å². The van der Waals surface area contributed by atoms with Gasteiger partial charge in [0.1, 0.15) is 0 Å². The highest BCUT2D eigenvalue weighted by Gasteiger charge is 1.99. The maximum atomic E-state index is 9.22. The van der Waals surface area contributed by atoms with E-state index in [1.807, 2.05) is 0 Å². The van der Waals surface area contributed by atoms with Crippen LogP contribution in [0.4, 0.5) is 0 Å². The maximum absolute atomic E-state index is 9.22. The Hall–Kier alpha value is -1.64. The molecule has 3 nitrogen and oxygen atoms in total. The molecule has 3 N–H and O–H groups in total. The summed E-state index contributed by atoms with van der Waals surface area (Å²) in [6, 6.07) is 5.02. The van der Waals surface area contributed by atoms with E-state index in [2.05, 4.69) is 0 Å². The molecule has 0 spiro atoms. The van der Waals surface area contributed by atoms with Crippen molar-refractivity contribution >= 4 is 6.08 Å². The first-order valence-corrected chi connectivity index (χ1v) is 3.53. The van der Waals surface area contributed by atoms with Gasteiger partial charge in [-0.2, -0.15) is 0 Å². The summed E-state index contributed by atoms with van der Waals surface area (Å²) in [5.74, 6) is 0.581. The Morgan fingerprint density at radius 1 is 1.50 bits per heavy atom. The molecular weight excluding hydrogens is 154 g/mol. The highest BCUT2D eigenvalue weighted by Crippen LogP contribution is 2.26. The molecule has 0 aliphatic rings. The molecule has 0 atom stereocenters. The van der Waals surface area contributed by atoms with Gasteiger partial charge < -0.3 is 15.6 Å². The Labute approximate surface area is 71.1 Å². The molecular formula is C9H11NO2. The van der Waals surface area contributed by atoms with Gasteiger partial charge in [0.2, 0.25) is 0 Å². The van der Waals surface area contributed by atoms with E-state index in [4.69, 9.17) is 10.5 Å². The highest BCUT2D eigenvalue weighted by molar-refractivity contribution is 5.55. The van der Waals surface area contributed by atoms with Crippen LogP contribution in [0.1, 0.15) is 5.56 Å². The lowest BCUT2D eigenvalue weighted by atomic mass is 10.2. The Kier molecular flexibility index (Phi) is 2.58. The van der Waals surface area contributed by atoms with Crippen LogP contribution in [0.2, 0.25) is 0 Å². The fraction of sp³-hybridized carbons (Fsp3) is 0.111. The molecule has 0 amide bonds. The number of methoxy groups -OCH3 is 1. The largest absolute Gasteiger partial charge is 0.504 e. The molecule has 12 heavy (non-hydrogen) atoms. The lowest BCUT2D eigenvalue weighted by molar-refractivity contribution is 0.373. The molecule has 0 bridgehead atoms. The van der Waals surface area contributed by atoms with Gasteiger partial charge in [0, 0.05) is 0 Å². The second-order valence-corrected chi connectivity index (χ2v) is 2.29. The first kappa shape index (κ1) is 8.46. The van der Waals surface area contributed by atoms with E-state index in [0.717, 1.165) is 5.56 Å². The van der Waals surface area contributed by atoms with E-state index >= 15 is 0 Å². The van der Waals surface area contributed by atoms with Gasteiger partial charge in [-0.3, -0.25) is 0 Å². The van der Waals surface area contributed by atoms with Crippen molar-refractivity contribution in [3.05, 3.63) is 30.0 Å². The summed E-state index contributed by atoms with van der Waals surface area (Å²) >= 11 is 0. The predicted octanol–water partition coefficient (Wildman–Crippen LogP) is 1.33. The second-order valence-electron chi connectivity index (χ2n) is 2.29. The third kappa shape index (κ3) is 1.69. The standard InChI is InChI=1S/C9H11NO2/c1-12-9-6-7(4-5-10)2-3-8(9)11/h2-6,11H,10H2,1H3/b5-4+. The quantitative estimate of drug-likeness (QED) is 0.695. The SMILES string of the molecule is COc1cc(/C=C/N)ccc1O. The summed E-state index contributed by atoms with van der Waals surface area (Å²) < 4.78 is 4.91. The van der Waals surface area contributed by atoms with Crippen LogP contribution in [0.15, 0.2) is 24.4 Å². The third-order valence-corrected chi connectivity index (χ3v) is 1.49. The van der Waals surface area contributed by atoms with Gasteiger partial charge in [-0.25, -0.2) is 0 Å². The van der Waals surface area contributed by atoms with Crippen LogP contribution in [0.5, 0.6) is 11.5 Å². The first-order chi connectivity index (χ1) is 5.77. The van der Waals surface area contributed by atoms with Crippen molar-refractivity contribution in [3.8, 4) is 11.5 Å². The summed E-state index contributed by atoms with van der Waals surface area (Å²) in [5.41, 5.74) is 6.10. The minimum Gasteiger partial charge on any atom is -0.504 e. The zero-order valence-electron chi connectivity index (χ0n) is 6.82. The van der Waals surface area contributed by atoms with E-state index in [-0.39, 0.29) is 5.75 Å². The number of rotatable bonds is 2. The van der Waals surface area contributed by atoms with Crippen molar-refractivity contribution in [3.63, 3.8) is 0 Å². The minimum atomic E-state index is 0.131. The van der Waals surface area contributed by atoms with Gasteiger partial charge in [-0.15, -0.1) is 0 Å². The number of phenolic OH excluding ortho intramolecular Hbond substituents is 1. The third-order valence-electron chi connectivity index (χ3n) is 1.49. The Balaban J connectivity index is 3.05. The number of hydrogen-bond acceptors (Lipinski definition) is 3. The molecule has 0 aliphatic heterocycles. The van der Waals surface area contributed by atoms with E-state index in [1.54, 1.807) is 24.3 Å². The zero-order valence-corrected chi connectivity index (χ0v) is 6.82. The van der Waals surface area contributed by atoms with Crippen molar-refractivity contribution in [2.45, 2.75) is 0 Å². The summed E-state index contributed by atoms with van der Waals surface area (Å²) in [6.45, 7) is 0. The Bertz CT molecular complexity index is 295. The average Bonchev–Trinajstić information content (AvgIpc) is 2.09. The summed E-state index contributed by atoms with van der Waals surface area (Å²) in [4.78, 5) is 0. The smallest absolute Gasteiger partial charge is 0.161 e. The molecule has 3 heteroatoms. The summed E-state index contributed by atoms with van der Waals surface area (Å²) in [6.07, 6.45) is 3.16. The van der Waals surface area contributed by atoms with Crippen molar-refractivity contribution in [1.82, 2.24) is 0 Å². The summed E-state index contributed by atoms with van der Waals surface area (Å²) in [5, 5.41) is 9.22. The fourth-order valence-corrected chi connectivity index (χ4v) is 0.909. The van der Waals surface area contributed by atoms with Crippen molar-refractivity contribution < 1.29 is 9.84 Å². The molecule has 1 rings (SSSR count). The molecule has 0 fully saturated rings. The number of ether oxygens (including phenoxy) is 1. The first-order valence-electron chi connectivity index (χ1n) is 3.53. The molecule has 0 unspecified atom stereocenters. The van der Waals surface area contributed by atoms with Crippen molar-refractivity contribution in [1.29, 1.82) is 0 Å². The van der Waals surface area contributed by atoms with Crippen molar-refractivity contribution in [2.24, 2.45) is 5.73 Å². The highest BCUT2D eigenvalue weighted by atomic mass is 16.5. The maximum Gasteiger partial charge on any atom is 0.161 e. The molecule has 64 valence electrons. The molecule has 0 heterocycles. The number of aromatic hydroxyl groups is 1. The van der Waals surface area contributed by atoms with Crippen LogP contribution in [0, 0.1) is 0 Å². The topological polar surface area (TPSA) is 55.5 Å². The van der Waals surface area contributed by atoms with Crippen molar-refractivity contribution in [2.75, 3.05) is 7.11 Å². The molecule has 1 aromatic rings. The number of nitrogens with two attached hydrogens (primary N) is 1. The van der Waals surface area contributed by atoms with E-state index < -0.39 is 0 Å². The van der Waals surface area contributed by atoms with Crippen LogP contribution in [0.25, 0.3) is 6.08 Å². The molecule has 0 saturated heterocycles. The minimum absolute atomic E-state index is 0.131. The van der Waals surface area contributed by atoms with E-state index in [9.17, 15) is 5.11 Å². The number of hydrogen-bond donors (Lipinski definition) is 2. The Morgan fingerprint density at radius 3 is 2.83 bits per heavy atom. The van der Waals surface area contributed by atoms with Gasteiger partial charge in [0.05, 0.1) is 7.11 Å². The second kappa shape index (κ2) is 3.67.